The molecule has 218 valence electrons. The number of rotatable bonds is 5. The first-order valence-electron chi connectivity index (χ1n) is 14.9. The van der Waals surface area contributed by atoms with E-state index in [0.717, 1.165) is 56.1 Å². The van der Waals surface area contributed by atoms with Crippen molar-refractivity contribution in [1.29, 1.82) is 0 Å². The second-order valence-electron chi connectivity index (χ2n) is 11.6. The van der Waals surface area contributed by atoms with E-state index in [4.69, 9.17) is 14.6 Å². The number of carbonyl (C=O) groups is 2. The van der Waals surface area contributed by atoms with Crippen molar-refractivity contribution in [1.82, 2.24) is 9.80 Å². The fourth-order valence-corrected chi connectivity index (χ4v) is 6.33. The van der Waals surface area contributed by atoms with Crippen molar-refractivity contribution in [3.63, 3.8) is 0 Å². The monoisotopic (exact) mass is 554 g/mol. The van der Waals surface area contributed by atoms with Crippen LogP contribution in [0, 0.1) is 11.7 Å². The lowest BCUT2D eigenvalue weighted by Crippen LogP contribution is -3.10. The Bertz CT molecular complexity index is 1090. The summed E-state index contributed by atoms with van der Waals surface area (Å²) in [6.07, 6.45) is 9.79. The van der Waals surface area contributed by atoms with E-state index in [-0.39, 0.29) is 18.4 Å². The topological polar surface area (TPSA) is 74.5 Å². The number of hydrogen-bond donors (Lipinski definition) is 2. The minimum atomic E-state index is -0.250. The van der Waals surface area contributed by atoms with Gasteiger partial charge < -0.3 is 24.5 Å². The van der Waals surface area contributed by atoms with E-state index >= 15 is 0 Å². The molecule has 2 saturated heterocycles. The molecular weight excluding hydrogens is 509 g/mol. The smallest absolute Gasteiger partial charge is 0.415 e. The molecule has 0 radical (unpaired) electrons. The third-order valence-corrected chi connectivity index (χ3v) is 8.99. The van der Waals surface area contributed by atoms with Crippen molar-refractivity contribution >= 4 is 12.6 Å². The fourth-order valence-electron chi connectivity index (χ4n) is 6.33. The number of amides is 1. The lowest BCUT2D eigenvalue weighted by Gasteiger charge is -2.35. The summed E-state index contributed by atoms with van der Waals surface area (Å²) >= 11 is 0. The van der Waals surface area contributed by atoms with E-state index in [1.54, 1.807) is 17.0 Å². The molecule has 1 amide bonds. The number of piperidine rings is 1. The van der Waals surface area contributed by atoms with Gasteiger partial charge in [0.1, 0.15) is 11.6 Å². The van der Waals surface area contributed by atoms with Gasteiger partial charge in [-0.15, -0.1) is 0 Å². The van der Waals surface area contributed by atoms with Crippen molar-refractivity contribution in [3.8, 4) is 5.75 Å². The van der Waals surface area contributed by atoms with Gasteiger partial charge in [-0.1, -0.05) is 49.6 Å². The molecule has 6 rings (SSSR count). The third kappa shape index (κ3) is 8.51. The second kappa shape index (κ2) is 15.1. The van der Waals surface area contributed by atoms with E-state index < -0.39 is 0 Å². The van der Waals surface area contributed by atoms with Gasteiger partial charge in [-0.3, -0.25) is 4.79 Å². The van der Waals surface area contributed by atoms with Gasteiger partial charge in [0.15, 0.2) is 0 Å². The average molecular weight is 555 g/mol. The number of para-hydroxylation sites is 1. The number of likely N-dealkylation sites (tertiary alicyclic amines) is 2. The molecule has 0 aromatic heterocycles. The summed E-state index contributed by atoms with van der Waals surface area (Å²) in [5.74, 6) is 2.24. The number of carboxylic acid groups (broad SMARTS) is 1. The molecule has 3 fully saturated rings. The highest BCUT2D eigenvalue weighted by Gasteiger charge is 2.31. The number of carbonyl (C=O) groups excluding carboxylic acids is 1. The number of quaternary nitrogens is 1. The van der Waals surface area contributed by atoms with Crippen LogP contribution in [0.3, 0.4) is 0 Å². The Morgan fingerprint density at radius 3 is 2.50 bits per heavy atom. The van der Waals surface area contributed by atoms with Gasteiger partial charge >= 0.3 is 6.09 Å². The maximum Gasteiger partial charge on any atom is 0.415 e. The summed E-state index contributed by atoms with van der Waals surface area (Å²) in [6.45, 7) is 6.44. The van der Waals surface area contributed by atoms with Gasteiger partial charge in [-0.2, -0.15) is 0 Å². The van der Waals surface area contributed by atoms with E-state index in [1.165, 1.54) is 57.3 Å². The van der Waals surface area contributed by atoms with Crippen LogP contribution in [0.25, 0.3) is 0 Å². The molecule has 7 nitrogen and oxygen atoms in total. The Balaban J connectivity index is 0.000000169. The minimum absolute atomic E-state index is 0.0876. The van der Waals surface area contributed by atoms with Crippen LogP contribution in [-0.4, -0.2) is 79.8 Å². The molecule has 0 spiro atoms. The Labute approximate surface area is 237 Å². The molecule has 1 aliphatic carbocycles. The number of fused-ring (bicyclic) bond motifs is 1. The van der Waals surface area contributed by atoms with Gasteiger partial charge in [0.2, 0.25) is 0 Å². The van der Waals surface area contributed by atoms with Crippen LogP contribution in [0.2, 0.25) is 0 Å². The standard InChI is InChI=1S/C16H22FN.C15H20N2O2.CH2O2/c17-16-6-2-5-14(11-16)15-8-10-18(12-15)9-7-13-3-1-4-13;1-16-9-7-13(8-10-16)17-11-6-12-4-2-3-5-14(12)19-15(17)18;2-1-3/h2,5-6,11,13,15H,1,3-4,7-10,12H2;2-5,13H,6-11H2,1H3;1H,(H,2,3)/p+1/t15-;;/m1../s1. The number of nitrogens with zero attached hydrogens (tertiary/aromatic N) is 2. The highest BCUT2D eigenvalue weighted by molar-refractivity contribution is 5.72. The van der Waals surface area contributed by atoms with Crippen molar-refractivity contribution in [2.24, 2.45) is 5.92 Å². The van der Waals surface area contributed by atoms with Crippen molar-refractivity contribution in [2.45, 2.75) is 63.3 Å². The van der Waals surface area contributed by atoms with Crippen LogP contribution in [0.15, 0.2) is 48.5 Å². The van der Waals surface area contributed by atoms with Gasteiger partial charge in [0, 0.05) is 24.9 Å². The Kier molecular flexibility index (Phi) is 11.4. The lowest BCUT2D eigenvalue weighted by molar-refractivity contribution is -0.888. The first-order chi connectivity index (χ1) is 19.5. The van der Waals surface area contributed by atoms with Crippen LogP contribution >= 0.6 is 0 Å². The Morgan fingerprint density at radius 1 is 1.05 bits per heavy atom. The molecule has 2 N–H and O–H groups in total. The molecule has 1 unspecified atom stereocenters. The zero-order valence-electron chi connectivity index (χ0n) is 23.8. The SMILES string of the molecule is CN1CCC(N2CCc3ccccc3OC2=O)CC1.Fc1cccc([C@@H]2CC[NH+](CCC3CCC3)C2)c1.O=CO. The normalized spacial score (nSPS) is 23.4. The summed E-state index contributed by atoms with van der Waals surface area (Å²) in [4.78, 5) is 26.6. The molecule has 3 heterocycles. The molecular formula is C32H45FN3O4+. The second-order valence-corrected chi connectivity index (χ2v) is 11.6. The summed E-state index contributed by atoms with van der Waals surface area (Å²) < 4.78 is 18.7. The zero-order chi connectivity index (χ0) is 28.3. The Morgan fingerprint density at radius 2 is 1.80 bits per heavy atom. The van der Waals surface area contributed by atoms with Gasteiger partial charge in [-0.05, 0) is 81.1 Å². The van der Waals surface area contributed by atoms with Crippen LogP contribution in [0.1, 0.15) is 62.0 Å². The third-order valence-electron chi connectivity index (χ3n) is 8.99. The maximum atomic E-state index is 13.2. The maximum absolute atomic E-state index is 13.2. The zero-order valence-corrected chi connectivity index (χ0v) is 23.8. The van der Waals surface area contributed by atoms with Gasteiger partial charge in [-0.25, -0.2) is 9.18 Å². The minimum Gasteiger partial charge on any atom is -0.483 e. The van der Waals surface area contributed by atoms with Crippen LogP contribution in [0.4, 0.5) is 9.18 Å². The van der Waals surface area contributed by atoms with Crippen LogP contribution < -0.4 is 9.64 Å². The van der Waals surface area contributed by atoms with E-state index in [9.17, 15) is 9.18 Å². The lowest BCUT2D eigenvalue weighted by atomic mass is 9.83. The first-order valence-corrected chi connectivity index (χ1v) is 14.9. The van der Waals surface area contributed by atoms with Gasteiger partial charge in [0.05, 0.1) is 19.6 Å². The van der Waals surface area contributed by atoms with E-state index in [2.05, 4.69) is 18.0 Å². The van der Waals surface area contributed by atoms with E-state index in [0.29, 0.717) is 12.0 Å². The highest BCUT2D eigenvalue weighted by Crippen LogP contribution is 2.29. The van der Waals surface area contributed by atoms with Crippen molar-refractivity contribution < 1.29 is 28.7 Å². The van der Waals surface area contributed by atoms with E-state index in [1.807, 2.05) is 35.2 Å². The quantitative estimate of drug-likeness (QED) is 0.542. The molecule has 40 heavy (non-hydrogen) atoms. The molecule has 2 aromatic rings. The van der Waals surface area contributed by atoms with Crippen molar-refractivity contribution in [2.75, 3.05) is 46.3 Å². The molecule has 2 aromatic carbocycles. The summed E-state index contributed by atoms with van der Waals surface area (Å²) in [6, 6.07) is 15.4. The summed E-state index contributed by atoms with van der Waals surface area (Å²) in [5.41, 5.74) is 2.33. The number of benzene rings is 2. The number of nitrogens with one attached hydrogen (secondary N) is 1. The predicted molar refractivity (Wildman–Crippen MR) is 153 cm³/mol. The molecule has 2 atom stereocenters. The summed E-state index contributed by atoms with van der Waals surface area (Å²) in [7, 11) is 2.13. The first kappa shape index (κ1) is 30.0. The fraction of sp³-hybridized carbons (Fsp3) is 0.562. The molecule has 3 aliphatic heterocycles. The van der Waals surface area contributed by atoms with Crippen molar-refractivity contribution in [3.05, 3.63) is 65.5 Å². The average Bonchev–Trinajstić information content (AvgIpc) is 3.33. The molecule has 8 heteroatoms. The summed E-state index contributed by atoms with van der Waals surface area (Å²) in [5, 5.41) is 6.89. The van der Waals surface area contributed by atoms with Crippen LogP contribution in [-0.2, 0) is 11.2 Å². The molecule has 4 aliphatic rings. The highest BCUT2D eigenvalue weighted by atomic mass is 19.1. The number of halogens is 1. The largest absolute Gasteiger partial charge is 0.483 e. The predicted octanol–water partition coefficient (Wildman–Crippen LogP) is 4.23. The van der Waals surface area contributed by atoms with Crippen LogP contribution in [0.5, 0.6) is 5.75 Å². The number of hydrogen-bond acceptors (Lipinski definition) is 4. The molecule has 1 saturated carbocycles. The van der Waals surface area contributed by atoms with Gasteiger partial charge in [0.25, 0.3) is 6.47 Å². The molecule has 0 bridgehead atoms. The number of ether oxygens (including phenoxy) is 1. The Hall–Kier alpha value is -2.97.